The molecule has 3 aromatic carbocycles. The summed E-state index contributed by atoms with van der Waals surface area (Å²) in [6, 6.07) is 20.7. The molecule has 0 unspecified atom stereocenters. The van der Waals surface area contributed by atoms with E-state index in [1.54, 1.807) is 0 Å². The van der Waals surface area contributed by atoms with Gasteiger partial charge in [-0.2, -0.15) is 0 Å². The summed E-state index contributed by atoms with van der Waals surface area (Å²) in [4.78, 5) is 0. The van der Waals surface area contributed by atoms with Gasteiger partial charge in [-0.25, -0.2) is 0 Å². The van der Waals surface area contributed by atoms with Gasteiger partial charge < -0.3 is 4.74 Å². The molecule has 1 aliphatic heterocycles. The summed E-state index contributed by atoms with van der Waals surface area (Å²) in [7, 11) is 0. The van der Waals surface area contributed by atoms with Crippen molar-refractivity contribution in [1.82, 2.24) is 0 Å². The third kappa shape index (κ3) is 1.33. The Kier molecular flexibility index (Phi) is 1.93. The number of nitrogens with two attached hydrogens (primary N) is 1. The maximum absolute atomic E-state index is 5.95. The van der Waals surface area contributed by atoms with Crippen LogP contribution in [0.3, 0.4) is 0 Å². The van der Waals surface area contributed by atoms with E-state index in [1.165, 1.54) is 16.5 Å². The topological polar surface area (TPSA) is 25.8 Å². The van der Waals surface area contributed by atoms with Crippen molar-refractivity contribution in [3.8, 4) is 11.5 Å². The van der Waals surface area contributed by atoms with Crippen LogP contribution < -0.4 is 10.1 Å². The van der Waals surface area contributed by atoms with E-state index in [0.717, 1.165) is 17.2 Å². The van der Waals surface area contributed by atoms with Crippen LogP contribution in [0.4, 0.5) is 11.4 Å². The molecule has 0 saturated heterocycles. The molecule has 1 aliphatic rings. The average Bonchev–Trinajstić information content (AvgIpc) is 2.45. The molecule has 0 aliphatic carbocycles. The van der Waals surface area contributed by atoms with Crippen LogP contribution >= 0.6 is 0 Å². The Labute approximate surface area is 105 Å². The minimum atomic E-state index is 0.931. The van der Waals surface area contributed by atoms with Crippen LogP contribution in [0.15, 0.2) is 60.7 Å². The van der Waals surface area contributed by atoms with Crippen molar-refractivity contribution in [2.75, 3.05) is 0 Å². The zero-order valence-electron chi connectivity index (χ0n) is 9.76. The molecule has 4 rings (SSSR count). The van der Waals surface area contributed by atoms with Gasteiger partial charge in [0.2, 0.25) is 0 Å². The van der Waals surface area contributed by atoms with Crippen LogP contribution in [0.25, 0.3) is 10.8 Å². The van der Waals surface area contributed by atoms with Gasteiger partial charge in [-0.05, 0) is 23.6 Å². The van der Waals surface area contributed by atoms with E-state index in [0.29, 0.717) is 0 Å². The van der Waals surface area contributed by atoms with Crippen LogP contribution in [0.5, 0.6) is 11.5 Å². The van der Waals surface area contributed by atoms with E-state index in [2.05, 4.69) is 41.7 Å². The van der Waals surface area contributed by atoms with Gasteiger partial charge in [-0.15, -0.1) is 0 Å². The molecule has 1 heterocycles. The summed E-state index contributed by atoms with van der Waals surface area (Å²) in [5.74, 6) is 1.87. The molecular formula is C16H12NO+. The van der Waals surface area contributed by atoms with Gasteiger partial charge in [0.05, 0.1) is 0 Å². The highest BCUT2D eigenvalue weighted by molar-refractivity contribution is 5.94. The first-order valence-corrected chi connectivity index (χ1v) is 6.05. The normalized spacial score (nSPS) is 12.7. The van der Waals surface area contributed by atoms with Crippen LogP contribution in [-0.4, -0.2) is 0 Å². The van der Waals surface area contributed by atoms with E-state index < -0.39 is 0 Å². The monoisotopic (exact) mass is 234 g/mol. The molecule has 0 amide bonds. The van der Waals surface area contributed by atoms with E-state index in [9.17, 15) is 0 Å². The maximum Gasteiger partial charge on any atom is 0.189 e. The number of fused-ring (bicyclic) bond motifs is 4. The molecule has 2 heteroatoms. The van der Waals surface area contributed by atoms with E-state index >= 15 is 0 Å². The Bertz CT molecular complexity index is 749. The van der Waals surface area contributed by atoms with Crippen molar-refractivity contribution in [3.05, 3.63) is 60.7 Å². The van der Waals surface area contributed by atoms with Crippen molar-refractivity contribution < 1.29 is 10.1 Å². The first-order valence-electron chi connectivity index (χ1n) is 6.05. The highest BCUT2D eigenvalue weighted by atomic mass is 16.5. The summed E-state index contributed by atoms with van der Waals surface area (Å²) in [6.45, 7) is 0. The third-order valence-corrected chi connectivity index (χ3v) is 3.37. The quantitative estimate of drug-likeness (QED) is 0.463. The Hall–Kier alpha value is -2.32. The van der Waals surface area contributed by atoms with Crippen LogP contribution in [-0.2, 0) is 0 Å². The summed E-state index contributed by atoms with van der Waals surface area (Å²) in [6.07, 6.45) is 0. The number of para-hydroxylation sites is 2. The van der Waals surface area contributed by atoms with Gasteiger partial charge in [0.25, 0.3) is 0 Å². The molecule has 0 radical (unpaired) electrons. The lowest BCUT2D eigenvalue weighted by Crippen LogP contribution is -2.72. The fourth-order valence-corrected chi connectivity index (χ4v) is 2.48. The second-order valence-electron chi connectivity index (χ2n) is 4.48. The van der Waals surface area contributed by atoms with Crippen molar-refractivity contribution in [1.29, 1.82) is 0 Å². The second kappa shape index (κ2) is 3.59. The van der Waals surface area contributed by atoms with Crippen LogP contribution in [0, 0.1) is 0 Å². The number of rotatable bonds is 0. The second-order valence-corrected chi connectivity index (χ2v) is 4.48. The highest BCUT2D eigenvalue weighted by Crippen LogP contribution is 2.38. The lowest BCUT2D eigenvalue weighted by molar-refractivity contribution is -0.481. The van der Waals surface area contributed by atoms with Crippen molar-refractivity contribution in [2.24, 2.45) is 0 Å². The number of ether oxygens (including phenoxy) is 1. The molecule has 18 heavy (non-hydrogen) atoms. The molecule has 2 nitrogen and oxygen atoms in total. The minimum Gasteiger partial charge on any atom is -0.445 e. The number of hydrogen-bond donors (Lipinski definition) is 1. The number of hydrogen-bond acceptors (Lipinski definition) is 1. The molecule has 0 fully saturated rings. The molecule has 0 atom stereocenters. The molecule has 0 aromatic heterocycles. The first kappa shape index (κ1) is 9.68. The lowest BCUT2D eigenvalue weighted by Gasteiger charge is -2.18. The lowest BCUT2D eigenvalue weighted by atomic mass is 10.1. The van der Waals surface area contributed by atoms with Crippen molar-refractivity contribution in [3.63, 3.8) is 0 Å². The predicted molar refractivity (Wildman–Crippen MR) is 71.7 cm³/mol. The molecule has 2 N–H and O–H groups in total. The van der Waals surface area contributed by atoms with Gasteiger partial charge in [0.1, 0.15) is 0 Å². The maximum atomic E-state index is 5.95. The summed E-state index contributed by atoms with van der Waals surface area (Å²) < 4.78 is 5.95. The minimum absolute atomic E-state index is 0.931. The Morgan fingerprint density at radius 1 is 0.722 bits per heavy atom. The number of quaternary nitrogens is 1. The fourth-order valence-electron chi connectivity index (χ4n) is 2.48. The van der Waals surface area contributed by atoms with E-state index in [1.807, 2.05) is 24.3 Å². The molecule has 0 saturated carbocycles. The largest absolute Gasteiger partial charge is 0.445 e. The van der Waals surface area contributed by atoms with Gasteiger partial charge in [-0.1, -0.05) is 36.4 Å². The SMILES string of the molecule is c1ccc2c(c1)[NH2+]c1c(ccc3ccccc13)O2. The average molecular weight is 234 g/mol. The van der Waals surface area contributed by atoms with Gasteiger partial charge in [0, 0.05) is 11.5 Å². The summed E-state index contributed by atoms with van der Waals surface area (Å²) in [5.41, 5.74) is 2.31. The zero-order chi connectivity index (χ0) is 11.9. The summed E-state index contributed by atoms with van der Waals surface area (Å²) in [5, 5.41) is 4.69. The first-order chi connectivity index (χ1) is 8.92. The molecule has 0 bridgehead atoms. The van der Waals surface area contributed by atoms with Crippen LogP contribution in [0.2, 0.25) is 0 Å². The Morgan fingerprint density at radius 2 is 1.56 bits per heavy atom. The predicted octanol–water partition coefficient (Wildman–Crippen LogP) is 3.47. The van der Waals surface area contributed by atoms with Crippen LogP contribution in [0.1, 0.15) is 0 Å². The summed E-state index contributed by atoms with van der Waals surface area (Å²) >= 11 is 0. The molecule has 3 aromatic rings. The molecular weight excluding hydrogens is 222 g/mol. The molecule has 86 valence electrons. The van der Waals surface area contributed by atoms with E-state index in [-0.39, 0.29) is 0 Å². The van der Waals surface area contributed by atoms with Gasteiger partial charge >= 0.3 is 0 Å². The fraction of sp³-hybridized carbons (Fsp3) is 0. The van der Waals surface area contributed by atoms with Crippen molar-refractivity contribution in [2.45, 2.75) is 0 Å². The van der Waals surface area contributed by atoms with Crippen molar-refractivity contribution >= 4 is 22.1 Å². The zero-order valence-corrected chi connectivity index (χ0v) is 9.76. The standard InChI is InChI=1S/C16H11NO/c1-2-6-12-11(5-1)9-10-15-16(12)17-13-7-3-4-8-14(13)18-15/h1-10,17H/p+1. The number of benzene rings is 3. The Balaban J connectivity index is 1.98. The van der Waals surface area contributed by atoms with E-state index in [4.69, 9.17) is 4.74 Å². The molecule has 0 spiro atoms. The highest BCUT2D eigenvalue weighted by Gasteiger charge is 2.22. The van der Waals surface area contributed by atoms with Gasteiger partial charge in [0.15, 0.2) is 22.9 Å². The van der Waals surface area contributed by atoms with Gasteiger partial charge in [-0.3, -0.25) is 5.32 Å². The third-order valence-electron chi connectivity index (χ3n) is 3.37. The smallest absolute Gasteiger partial charge is 0.189 e. The Morgan fingerprint density at radius 3 is 2.56 bits per heavy atom.